The summed E-state index contributed by atoms with van der Waals surface area (Å²) in [5.41, 5.74) is -0.130. The molecule has 0 atom stereocenters. The Morgan fingerprint density at radius 3 is 2.22 bits per heavy atom. The lowest BCUT2D eigenvalue weighted by Crippen LogP contribution is -2.17. The van der Waals surface area contributed by atoms with Gasteiger partial charge in [0.05, 0.1) is 16.8 Å². The Kier molecular flexibility index (Phi) is 5.45. The molecule has 138 valence electrons. The number of nitrogens with one attached hydrogen (secondary N) is 1. The highest BCUT2D eigenvalue weighted by Crippen LogP contribution is 2.35. The minimum Gasteiger partial charge on any atom is -0.488 e. The van der Waals surface area contributed by atoms with Crippen LogP contribution in [0.1, 0.15) is 21.5 Å². The van der Waals surface area contributed by atoms with Gasteiger partial charge in [-0.3, -0.25) is 4.79 Å². The molecule has 0 saturated heterocycles. The molecule has 1 N–H and O–H groups in total. The number of carbonyl (C=O) groups is 1. The van der Waals surface area contributed by atoms with E-state index in [1.807, 2.05) is 30.3 Å². The molecule has 0 saturated carbocycles. The van der Waals surface area contributed by atoms with Crippen LogP contribution in [0, 0.1) is 0 Å². The number of hydrogen-bond acceptors (Lipinski definition) is 2. The third kappa shape index (κ3) is 4.67. The highest BCUT2D eigenvalue weighted by atomic mass is 19.4. The number of benzene rings is 3. The fourth-order valence-corrected chi connectivity index (χ4v) is 2.54. The fraction of sp³-hybridized carbons (Fsp3) is 0.0952. The maximum atomic E-state index is 13.1. The van der Waals surface area contributed by atoms with Crippen LogP contribution in [0.5, 0.6) is 5.75 Å². The zero-order valence-corrected chi connectivity index (χ0v) is 14.2. The van der Waals surface area contributed by atoms with Crippen LogP contribution in [0.4, 0.5) is 18.9 Å². The topological polar surface area (TPSA) is 38.3 Å². The monoisotopic (exact) mass is 371 g/mol. The summed E-state index contributed by atoms with van der Waals surface area (Å²) in [5, 5.41) is 2.33. The second kappa shape index (κ2) is 7.95. The normalized spacial score (nSPS) is 11.1. The maximum Gasteiger partial charge on any atom is 0.418 e. The average molecular weight is 371 g/mol. The number of carbonyl (C=O) groups excluding carboxylic acids is 1. The molecule has 0 radical (unpaired) electrons. The molecule has 0 aliphatic carbocycles. The summed E-state index contributed by atoms with van der Waals surface area (Å²) in [6.07, 6.45) is -4.56. The number of halogens is 3. The Labute approximate surface area is 154 Å². The first kappa shape index (κ1) is 18.5. The van der Waals surface area contributed by atoms with Crippen molar-refractivity contribution in [2.75, 3.05) is 5.32 Å². The average Bonchev–Trinajstić information content (AvgIpc) is 2.67. The van der Waals surface area contributed by atoms with E-state index in [1.165, 1.54) is 24.3 Å². The van der Waals surface area contributed by atoms with Crippen molar-refractivity contribution < 1.29 is 22.7 Å². The molecule has 3 rings (SSSR count). The van der Waals surface area contributed by atoms with E-state index < -0.39 is 17.6 Å². The number of rotatable bonds is 5. The number of ether oxygens (including phenoxy) is 1. The molecule has 3 aromatic carbocycles. The Bertz CT molecular complexity index is 924. The lowest BCUT2D eigenvalue weighted by atomic mass is 10.1. The van der Waals surface area contributed by atoms with Crippen molar-refractivity contribution in [1.29, 1.82) is 0 Å². The van der Waals surface area contributed by atoms with Crippen LogP contribution in [0.2, 0.25) is 0 Å². The number of alkyl halides is 3. The third-order valence-corrected chi connectivity index (χ3v) is 3.85. The highest BCUT2D eigenvalue weighted by molar-refractivity contribution is 6.06. The van der Waals surface area contributed by atoms with Gasteiger partial charge in [-0.05, 0) is 29.8 Å². The van der Waals surface area contributed by atoms with Crippen molar-refractivity contribution in [3.63, 3.8) is 0 Å². The summed E-state index contributed by atoms with van der Waals surface area (Å²) in [6.45, 7) is 0.240. The molecule has 27 heavy (non-hydrogen) atoms. The predicted molar refractivity (Wildman–Crippen MR) is 96.6 cm³/mol. The van der Waals surface area contributed by atoms with Gasteiger partial charge in [-0.25, -0.2) is 0 Å². The van der Waals surface area contributed by atoms with E-state index in [0.717, 1.165) is 11.6 Å². The summed E-state index contributed by atoms with van der Waals surface area (Å²) in [5.74, 6) is -0.376. The number of hydrogen-bond donors (Lipinski definition) is 1. The summed E-state index contributed by atoms with van der Waals surface area (Å²) in [4.78, 5) is 12.6. The van der Waals surface area contributed by atoms with Crippen molar-refractivity contribution >= 4 is 11.6 Å². The lowest BCUT2D eigenvalue weighted by Gasteiger charge is -2.15. The molecular weight excluding hydrogens is 355 g/mol. The molecule has 3 nitrogen and oxygen atoms in total. The molecule has 1 amide bonds. The van der Waals surface area contributed by atoms with Gasteiger partial charge in [-0.1, -0.05) is 54.6 Å². The van der Waals surface area contributed by atoms with Gasteiger partial charge in [-0.2, -0.15) is 13.2 Å². The predicted octanol–water partition coefficient (Wildman–Crippen LogP) is 5.54. The standard InChI is InChI=1S/C21H16F3NO2/c22-21(23,24)17-11-5-6-12-18(17)25-20(26)16-10-4-7-13-19(16)27-14-15-8-2-1-3-9-15/h1-13H,14H2,(H,25,26). The van der Waals surface area contributed by atoms with Crippen molar-refractivity contribution in [2.45, 2.75) is 12.8 Å². The molecule has 0 aliphatic heterocycles. The van der Waals surface area contributed by atoms with Crippen LogP contribution < -0.4 is 10.1 Å². The number of amides is 1. The minimum atomic E-state index is -4.56. The highest BCUT2D eigenvalue weighted by Gasteiger charge is 2.33. The SMILES string of the molecule is O=C(Nc1ccccc1C(F)(F)F)c1ccccc1OCc1ccccc1. The van der Waals surface area contributed by atoms with Crippen LogP contribution in [0.3, 0.4) is 0 Å². The van der Waals surface area contributed by atoms with Gasteiger partial charge in [0.2, 0.25) is 0 Å². The van der Waals surface area contributed by atoms with Gasteiger partial charge in [0.15, 0.2) is 0 Å². The Hall–Kier alpha value is -3.28. The van der Waals surface area contributed by atoms with E-state index in [9.17, 15) is 18.0 Å². The molecule has 0 unspecified atom stereocenters. The Morgan fingerprint density at radius 2 is 1.48 bits per heavy atom. The summed E-state index contributed by atoms with van der Waals surface area (Å²) in [6, 6.07) is 20.6. The zero-order chi connectivity index (χ0) is 19.3. The molecular formula is C21H16F3NO2. The first-order valence-electron chi connectivity index (χ1n) is 8.18. The Balaban J connectivity index is 1.80. The molecule has 0 heterocycles. The largest absolute Gasteiger partial charge is 0.488 e. The van der Waals surface area contributed by atoms with E-state index in [1.54, 1.807) is 18.2 Å². The van der Waals surface area contributed by atoms with Crippen molar-refractivity contribution in [2.24, 2.45) is 0 Å². The molecule has 3 aromatic rings. The molecule has 0 fully saturated rings. The fourth-order valence-electron chi connectivity index (χ4n) is 2.54. The molecule has 0 spiro atoms. The summed E-state index contributed by atoms with van der Waals surface area (Å²) >= 11 is 0. The quantitative estimate of drug-likeness (QED) is 0.640. The summed E-state index contributed by atoms with van der Waals surface area (Å²) < 4.78 is 45.0. The smallest absolute Gasteiger partial charge is 0.418 e. The van der Waals surface area contributed by atoms with Crippen LogP contribution >= 0.6 is 0 Å². The lowest BCUT2D eigenvalue weighted by molar-refractivity contribution is -0.136. The van der Waals surface area contributed by atoms with Gasteiger partial charge in [-0.15, -0.1) is 0 Å². The van der Waals surface area contributed by atoms with Crippen LogP contribution in [-0.2, 0) is 12.8 Å². The van der Waals surface area contributed by atoms with E-state index in [0.29, 0.717) is 5.75 Å². The van der Waals surface area contributed by atoms with Gasteiger partial charge in [0.25, 0.3) is 5.91 Å². The van der Waals surface area contributed by atoms with E-state index in [2.05, 4.69) is 5.32 Å². The second-order valence-corrected chi connectivity index (χ2v) is 5.77. The maximum absolute atomic E-state index is 13.1. The van der Waals surface area contributed by atoms with E-state index >= 15 is 0 Å². The van der Waals surface area contributed by atoms with Crippen molar-refractivity contribution in [3.8, 4) is 5.75 Å². The molecule has 6 heteroatoms. The van der Waals surface area contributed by atoms with Crippen LogP contribution in [0.15, 0.2) is 78.9 Å². The molecule has 0 aromatic heterocycles. The van der Waals surface area contributed by atoms with Crippen LogP contribution in [0.25, 0.3) is 0 Å². The van der Waals surface area contributed by atoms with E-state index in [-0.39, 0.29) is 17.9 Å². The van der Waals surface area contributed by atoms with E-state index in [4.69, 9.17) is 4.74 Å². The second-order valence-electron chi connectivity index (χ2n) is 5.77. The summed E-state index contributed by atoms with van der Waals surface area (Å²) in [7, 11) is 0. The van der Waals surface area contributed by atoms with Gasteiger partial charge in [0, 0.05) is 0 Å². The zero-order valence-electron chi connectivity index (χ0n) is 14.2. The minimum absolute atomic E-state index is 0.158. The van der Waals surface area contributed by atoms with Crippen molar-refractivity contribution in [3.05, 3.63) is 95.6 Å². The third-order valence-electron chi connectivity index (χ3n) is 3.85. The number of anilines is 1. The molecule has 0 bridgehead atoms. The van der Waals surface area contributed by atoms with Gasteiger partial charge < -0.3 is 10.1 Å². The number of para-hydroxylation sites is 2. The van der Waals surface area contributed by atoms with Gasteiger partial charge in [0.1, 0.15) is 12.4 Å². The Morgan fingerprint density at radius 1 is 0.852 bits per heavy atom. The van der Waals surface area contributed by atoms with Gasteiger partial charge >= 0.3 is 6.18 Å². The molecule has 0 aliphatic rings. The first-order valence-corrected chi connectivity index (χ1v) is 8.18. The first-order chi connectivity index (χ1) is 12.9. The van der Waals surface area contributed by atoms with Crippen LogP contribution in [-0.4, -0.2) is 5.91 Å². The van der Waals surface area contributed by atoms with Crippen molar-refractivity contribution in [1.82, 2.24) is 0 Å².